The highest BCUT2D eigenvalue weighted by Crippen LogP contribution is 2.36. The zero-order chi connectivity index (χ0) is 16.0. The van der Waals surface area contributed by atoms with Crippen LogP contribution in [-0.4, -0.2) is 60.5 Å². The summed E-state index contributed by atoms with van der Waals surface area (Å²) in [5.74, 6) is 3.00. The van der Waals surface area contributed by atoms with Gasteiger partial charge in [0.25, 0.3) is 0 Å². The molecule has 1 aromatic heterocycles. The van der Waals surface area contributed by atoms with Crippen LogP contribution in [-0.2, 0) is 4.79 Å². The van der Waals surface area contributed by atoms with E-state index in [-0.39, 0.29) is 5.92 Å². The number of rotatable bonds is 4. The molecule has 1 aliphatic carbocycles. The van der Waals surface area contributed by atoms with Gasteiger partial charge in [-0.3, -0.25) is 9.78 Å². The Labute approximate surface area is 137 Å². The van der Waals surface area contributed by atoms with E-state index in [9.17, 15) is 4.79 Å². The number of nitrogens with zero attached hydrogens (tertiary/aromatic N) is 5. The molecule has 1 saturated carbocycles. The van der Waals surface area contributed by atoms with E-state index in [0.29, 0.717) is 11.9 Å². The van der Waals surface area contributed by atoms with Gasteiger partial charge in [-0.25, -0.2) is 4.98 Å². The molecule has 4 heterocycles. The van der Waals surface area contributed by atoms with Gasteiger partial charge in [0.05, 0.1) is 18.3 Å². The predicted molar refractivity (Wildman–Crippen MR) is 89.5 cm³/mol. The maximum atomic E-state index is 12.8. The van der Waals surface area contributed by atoms with Gasteiger partial charge in [0.2, 0.25) is 5.91 Å². The molecule has 6 heteroatoms. The molecule has 3 saturated heterocycles. The van der Waals surface area contributed by atoms with Gasteiger partial charge in [-0.1, -0.05) is 0 Å². The summed E-state index contributed by atoms with van der Waals surface area (Å²) in [4.78, 5) is 28.2. The van der Waals surface area contributed by atoms with Gasteiger partial charge in [-0.05, 0) is 31.6 Å². The Bertz CT molecular complexity index is 600. The van der Waals surface area contributed by atoms with Crippen molar-refractivity contribution in [2.24, 2.45) is 11.8 Å². The third-order valence-electron chi connectivity index (χ3n) is 5.34. The van der Waals surface area contributed by atoms with E-state index in [2.05, 4.69) is 14.8 Å². The van der Waals surface area contributed by atoms with Crippen LogP contribution in [0.25, 0.3) is 0 Å². The molecular formula is C17H25N5O. The Balaban J connectivity index is 1.57. The van der Waals surface area contributed by atoms with Gasteiger partial charge >= 0.3 is 0 Å². The molecule has 2 atom stereocenters. The average molecular weight is 315 g/mol. The second-order valence-corrected chi connectivity index (χ2v) is 7.40. The minimum atomic E-state index is 0.123. The number of anilines is 2. The summed E-state index contributed by atoms with van der Waals surface area (Å²) in [5, 5.41) is 0. The molecule has 0 radical (unpaired) electrons. The lowest BCUT2D eigenvalue weighted by Crippen LogP contribution is -2.48. The molecule has 0 N–H and O–H groups in total. The summed E-state index contributed by atoms with van der Waals surface area (Å²) in [6.07, 6.45) is 8.33. The first-order chi connectivity index (χ1) is 11.1. The molecule has 23 heavy (non-hydrogen) atoms. The fourth-order valence-electron chi connectivity index (χ4n) is 3.76. The number of hydrogen-bond donors (Lipinski definition) is 0. The van der Waals surface area contributed by atoms with E-state index in [1.54, 1.807) is 6.20 Å². The lowest BCUT2D eigenvalue weighted by molar-refractivity contribution is -0.140. The third kappa shape index (κ3) is 2.86. The first-order valence-corrected chi connectivity index (χ1v) is 8.66. The van der Waals surface area contributed by atoms with Crippen LogP contribution in [0.1, 0.15) is 25.7 Å². The molecule has 0 spiro atoms. The number of aromatic nitrogens is 2. The van der Waals surface area contributed by atoms with Crippen LogP contribution in [0.4, 0.5) is 11.6 Å². The van der Waals surface area contributed by atoms with Crippen molar-refractivity contribution in [3.05, 3.63) is 12.4 Å². The minimum Gasteiger partial charge on any atom is -0.361 e. The summed E-state index contributed by atoms with van der Waals surface area (Å²) in [5.41, 5.74) is 0. The van der Waals surface area contributed by atoms with Gasteiger partial charge in [0.15, 0.2) is 0 Å². The van der Waals surface area contributed by atoms with Gasteiger partial charge in [-0.15, -0.1) is 0 Å². The van der Waals surface area contributed by atoms with E-state index >= 15 is 0 Å². The van der Waals surface area contributed by atoms with Crippen LogP contribution in [0.5, 0.6) is 0 Å². The molecule has 124 valence electrons. The van der Waals surface area contributed by atoms with Gasteiger partial charge in [-0.2, -0.15) is 0 Å². The van der Waals surface area contributed by atoms with E-state index < -0.39 is 0 Å². The van der Waals surface area contributed by atoms with Crippen molar-refractivity contribution in [2.45, 2.75) is 31.7 Å². The quantitative estimate of drug-likeness (QED) is 0.840. The van der Waals surface area contributed by atoms with Crippen molar-refractivity contribution < 1.29 is 4.79 Å². The topological polar surface area (TPSA) is 52.6 Å². The number of carbonyl (C=O) groups is 1. The number of carbonyl (C=O) groups excluding carboxylic acids is 1. The maximum Gasteiger partial charge on any atom is 0.227 e. The normalized spacial score (nSPS) is 27.3. The first kappa shape index (κ1) is 14.7. The van der Waals surface area contributed by atoms with Crippen molar-refractivity contribution in [1.29, 1.82) is 0 Å². The van der Waals surface area contributed by atoms with Crippen LogP contribution in [0, 0.1) is 11.8 Å². The van der Waals surface area contributed by atoms with Gasteiger partial charge < -0.3 is 14.7 Å². The summed E-state index contributed by atoms with van der Waals surface area (Å²) < 4.78 is 0. The smallest absolute Gasteiger partial charge is 0.227 e. The minimum absolute atomic E-state index is 0.123. The van der Waals surface area contributed by atoms with Crippen LogP contribution >= 0.6 is 0 Å². The molecule has 1 amide bonds. The number of amides is 1. The maximum absolute atomic E-state index is 12.8. The standard InChI is InChI=1S/C17H25N5O/c1-20(2)15-7-18-8-16(19-15)21-10-13-5-6-14(11-21)22(17(13)23)9-12-3-4-12/h7-8,12-14H,3-6,9-11H2,1-2H3/t13-,14+/m0/s1. The van der Waals surface area contributed by atoms with Crippen molar-refractivity contribution in [1.82, 2.24) is 14.9 Å². The second kappa shape index (κ2) is 5.65. The number of piperidine rings is 1. The molecule has 3 aliphatic heterocycles. The molecule has 2 bridgehead atoms. The van der Waals surface area contributed by atoms with E-state index in [4.69, 9.17) is 4.98 Å². The highest BCUT2D eigenvalue weighted by atomic mass is 16.2. The molecule has 4 fully saturated rings. The lowest BCUT2D eigenvalue weighted by atomic mass is 9.94. The molecule has 1 aromatic rings. The SMILES string of the molecule is CN(C)c1cncc(N2C[C@@H]3CC[C@H](C2)N(CC2CC2)C3=O)n1. The largest absolute Gasteiger partial charge is 0.361 e. The monoisotopic (exact) mass is 315 g/mol. The van der Waals surface area contributed by atoms with Crippen molar-refractivity contribution in [3.8, 4) is 0 Å². The Morgan fingerprint density at radius 2 is 2.00 bits per heavy atom. The first-order valence-electron chi connectivity index (χ1n) is 8.66. The predicted octanol–water partition coefficient (Wildman–Crippen LogP) is 1.38. The van der Waals surface area contributed by atoms with Crippen molar-refractivity contribution in [3.63, 3.8) is 0 Å². The average Bonchev–Trinajstić information content (AvgIpc) is 3.38. The Kier molecular flexibility index (Phi) is 3.62. The summed E-state index contributed by atoms with van der Waals surface area (Å²) >= 11 is 0. The van der Waals surface area contributed by atoms with E-state index in [1.165, 1.54) is 12.8 Å². The highest BCUT2D eigenvalue weighted by Gasteiger charge is 2.42. The lowest BCUT2D eigenvalue weighted by Gasteiger charge is -2.36. The van der Waals surface area contributed by atoms with Gasteiger partial charge in [0, 0.05) is 39.8 Å². The Morgan fingerprint density at radius 1 is 1.17 bits per heavy atom. The zero-order valence-electron chi connectivity index (χ0n) is 14.0. The van der Waals surface area contributed by atoms with Crippen LogP contribution in [0.2, 0.25) is 0 Å². The molecule has 5 rings (SSSR count). The van der Waals surface area contributed by atoms with Crippen molar-refractivity contribution >= 4 is 17.5 Å². The molecule has 4 aliphatic rings. The number of fused-ring (bicyclic) bond motifs is 4. The van der Waals surface area contributed by atoms with Crippen LogP contribution in [0.15, 0.2) is 12.4 Å². The summed E-state index contributed by atoms with van der Waals surface area (Å²) in [6, 6.07) is 0.340. The van der Waals surface area contributed by atoms with Crippen LogP contribution in [0.3, 0.4) is 0 Å². The van der Waals surface area contributed by atoms with Gasteiger partial charge in [0.1, 0.15) is 11.6 Å². The van der Waals surface area contributed by atoms with E-state index in [0.717, 1.165) is 50.0 Å². The summed E-state index contributed by atoms with van der Waals surface area (Å²) in [6.45, 7) is 2.64. The fraction of sp³-hybridized carbons (Fsp3) is 0.706. The Hall–Kier alpha value is -1.85. The Morgan fingerprint density at radius 3 is 2.74 bits per heavy atom. The third-order valence-corrected chi connectivity index (χ3v) is 5.34. The number of hydrogen-bond acceptors (Lipinski definition) is 5. The van der Waals surface area contributed by atoms with E-state index in [1.807, 2.05) is 25.2 Å². The second-order valence-electron chi connectivity index (χ2n) is 7.40. The van der Waals surface area contributed by atoms with Crippen molar-refractivity contribution in [2.75, 3.05) is 43.5 Å². The zero-order valence-corrected chi connectivity index (χ0v) is 14.0. The molecule has 6 nitrogen and oxygen atoms in total. The molecule has 0 aromatic carbocycles. The molecular weight excluding hydrogens is 290 g/mol. The highest BCUT2D eigenvalue weighted by molar-refractivity contribution is 5.81. The summed E-state index contributed by atoms with van der Waals surface area (Å²) in [7, 11) is 3.95. The molecule has 0 unspecified atom stereocenters. The fourth-order valence-corrected chi connectivity index (χ4v) is 3.76. The van der Waals surface area contributed by atoms with Crippen LogP contribution < -0.4 is 9.80 Å².